The van der Waals surface area contributed by atoms with Crippen LogP contribution in [-0.2, 0) is 0 Å². The number of nitrogens with one attached hydrogen (secondary N) is 1. The summed E-state index contributed by atoms with van der Waals surface area (Å²) in [6.45, 7) is 8.51. The van der Waals surface area contributed by atoms with Gasteiger partial charge in [0.15, 0.2) is 0 Å². The maximum Gasteiger partial charge on any atom is 0.0114 e. The predicted molar refractivity (Wildman–Crippen MR) is 69.6 cm³/mol. The molecule has 2 saturated heterocycles. The van der Waals surface area contributed by atoms with Gasteiger partial charge in [-0.2, -0.15) is 0 Å². The molecule has 2 heterocycles. The fourth-order valence-electron chi connectivity index (χ4n) is 3.39. The average molecular weight is 222 g/mol. The van der Waals surface area contributed by atoms with Gasteiger partial charge in [-0.05, 0) is 45.1 Å². The molecule has 2 atom stereocenters. The lowest BCUT2D eigenvalue weighted by molar-refractivity contribution is 0.119. The number of piperidine rings is 1. The van der Waals surface area contributed by atoms with E-state index in [4.69, 9.17) is 0 Å². The van der Waals surface area contributed by atoms with Gasteiger partial charge in [-0.3, -0.25) is 4.90 Å². The normalized spacial score (nSPS) is 34.2. The molecule has 16 heavy (non-hydrogen) atoms. The average Bonchev–Trinajstić information content (AvgIpc) is 2.54. The van der Waals surface area contributed by atoms with E-state index < -0.39 is 0 Å². The van der Waals surface area contributed by atoms with Crippen LogP contribution in [0.5, 0.6) is 0 Å². The molecule has 2 nitrogen and oxygen atoms in total. The summed E-state index contributed by atoms with van der Waals surface area (Å²) in [6, 6.07) is 2.50. The number of hydrogen-bond donors (Lipinski definition) is 1. The zero-order valence-corrected chi connectivity index (χ0v) is 10.6. The second-order valence-electron chi connectivity index (χ2n) is 5.32. The third kappa shape index (κ3) is 2.67. The van der Waals surface area contributed by atoms with E-state index >= 15 is 0 Å². The van der Waals surface area contributed by atoms with E-state index in [9.17, 15) is 0 Å². The van der Waals surface area contributed by atoms with Crippen LogP contribution in [0.4, 0.5) is 0 Å². The first-order valence-electron chi connectivity index (χ1n) is 6.95. The van der Waals surface area contributed by atoms with Gasteiger partial charge in [0.05, 0.1) is 0 Å². The molecular formula is C14H26N2. The number of fused-ring (bicyclic) bond motifs is 2. The number of hydrogen-bond acceptors (Lipinski definition) is 2. The fourth-order valence-corrected chi connectivity index (χ4v) is 3.39. The zero-order valence-electron chi connectivity index (χ0n) is 10.6. The molecular weight excluding hydrogens is 196 g/mol. The van der Waals surface area contributed by atoms with Crippen LogP contribution in [0.1, 0.15) is 45.4 Å². The maximum absolute atomic E-state index is 3.83. The first-order chi connectivity index (χ1) is 7.85. The van der Waals surface area contributed by atoms with E-state index in [-0.39, 0.29) is 0 Å². The van der Waals surface area contributed by atoms with Crippen LogP contribution in [0.15, 0.2) is 12.7 Å². The lowest BCUT2D eigenvalue weighted by Crippen LogP contribution is -2.49. The second-order valence-corrected chi connectivity index (χ2v) is 5.32. The zero-order chi connectivity index (χ0) is 11.4. The topological polar surface area (TPSA) is 15.3 Å². The van der Waals surface area contributed by atoms with Crippen molar-refractivity contribution in [2.45, 2.75) is 63.6 Å². The lowest BCUT2D eigenvalue weighted by atomic mass is 9.97. The van der Waals surface area contributed by atoms with Crippen molar-refractivity contribution in [3.05, 3.63) is 12.7 Å². The highest BCUT2D eigenvalue weighted by Crippen LogP contribution is 2.35. The predicted octanol–water partition coefficient (Wildman–Crippen LogP) is 2.56. The Morgan fingerprint density at radius 1 is 1.31 bits per heavy atom. The molecule has 2 heteroatoms. The molecule has 92 valence electrons. The molecule has 0 radical (unpaired) electrons. The van der Waals surface area contributed by atoms with Crippen molar-refractivity contribution in [2.24, 2.45) is 0 Å². The minimum absolute atomic E-state index is 0.789. The van der Waals surface area contributed by atoms with Crippen molar-refractivity contribution in [3.63, 3.8) is 0 Å². The summed E-state index contributed by atoms with van der Waals surface area (Å²) in [5, 5.41) is 3.70. The molecule has 2 bridgehead atoms. The van der Waals surface area contributed by atoms with E-state index in [0.29, 0.717) is 0 Å². The van der Waals surface area contributed by atoms with Gasteiger partial charge >= 0.3 is 0 Å². The molecule has 2 rings (SSSR count). The first-order valence-corrected chi connectivity index (χ1v) is 6.95. The molecule has 0 aromatic heterocycles. The molecule has 2 fully saturated rings. The Labute approximate surface area is 100 Å². The van der Waals surface area contributed by atoms with Crippen LogP contribution in [0.25, 0.3) is 0 Å². The van der Waals surface area contributed by atoms with Crippen LogP contribution in [-0.4, -0.2) is 36.1 Å². The van der Waals surface area contributed by atoms with Crippen LogP contribution in [0, 0.1) is 0 Å². The monoisotopic (exact) mass is 222 g/mol. The Bertz CT molecular complexity index is 213. The van der Waals surface area contributed by atoms with Crippen molar-refractivity contribution in [2.75, 3.05) is 13.1 Å². The van der Waals surface area contributed by atoms with Crippen LogP contribution in [0.3, 0.4) is 0 Å². The molecule has 0 aliphatic carbocycles. The number of nitrogens with zero attached hydrogens (tertiary/aromatic N) is 1. The van der Waals surface area contributed by atoms with Gasteiger partial charge in [-0.1, -0.05) is 13.0 Å². The number of rotatable bonds is 6. The van der Waals surface area contributed by atoms with Crippen molar-refractivity contribution >= 4 is 0 Å². The van der Waals surface area contributed by atoms with Crippen LogP contribution >= 0.6 is 0 Å². The largest absolute Gasteiger partial charge is 0.314 e. The van der Waals surface area contributed by atoms with Gasteiger partial charge in [0.25, 0.3) is 0 Å². The summed E-state index contributed by atoms with van der Waals surface area (Å²) >= 11 is 0. The summed E-state index contributed by atoms with van der Waals surface area (Å²) in [6.07, 6.45) is 10.0. The van der Waals surface area contributed by atoms with E-state index in [0.717, 1.165) is 24.5 Å². The Balaban J connectivity index is 1.83. The molecule has 0 amide bonds. The van der Waals surface area contributed by atoms with Gasteiger partial charge in [-0.25, -0.2) is 0 Å². The molecule has 0 spiro atoms. The minimum Gasteiger partial charge on any atom is -0.314 e. The highest BCUT2D eigenvalue weighted by atomic mass is 15.2. The van der Waals surface area contributed by atoms with E-state index in [2.05, 4.69) is 29.8 Å². The third-order valence-corrected chi connectivity index (χ3v) is 4.16. The third-order valence-electron chi connectivity index (χ3n) is 4.16. The standard InChI is InChI=1S/C14H26N2/c1-3-5-9-16-13-6-7-14(16)11-12(10-13)15-8-4-2/h3,12-15H,1,4-11H2,2H3. The van der Waals surface area contributed by atoms with Gasteiger partial charge in [0, 0.05) is 24.7 Å². The Morgan fingerprint density at radius 2 is 2.00 bits per heavy atom. The first kappa shape index (κ1) is 12.1. The molecule has 0 saturated carbocycles. The summed E-state index contributed by atoms with van der Waals surface area (Å²) in [7, 11) is 0. The molecule has 2 aliphatic rings. The Hall–Kier alpha value is -0.340. The van der Waals surface area contributed by atoms with Gasteiger partial charge in [-0.15, -0.1) is 6.58 Å². The highest BCUT2D eigenvalue weighted by molar-refractivity contribution is 4.97. The SMILES string of the molecule is C=CCCN1C2CCC1CC(NCCC)C2. The van der Waals surface area contributed by atoms with Crippen LogP contribution in [0.2, 0.25) is 0 Å². The quantitative estimate of drug-likeness (QED) is 0.695. The summed E-state index contributed by atoms with van der Waals surface area (Å²) < 4.78 is 0. The van der Waals surface area contributed by atoms with E-state index in [1.807, 2.05) is 0 Å². The second kappa shape index (κ2) is 5.83. The van der Waals surface area contributed by atoms with E-state index in [1.54, 1.807) is 0 Å². The smallest absolute Gasteiger partial charge is 0.0114 e. The van der Waals surface area contributed by atoms with Crippen molar-refractivity contribution in [1.82, 2.24) is 10.2 Å². The van der Waals surface area contributed by atoms with Gasteiger partial charge < -0.3 is 5.32 Å². The molecule has 0 aromatic rings. The molecule has 1 N–H and O–H groups in total. The van der Waals surface area contributed by atoms with E-state index in [1.165, 1.54) is 45.2 Å². The highest BCUT2D eigenvalue weighted by Gasteiger charge is 2.39. The molecule has 2 unspecified atom stereocenters. The molecule has 0 aromatic carbocycles. The maximum atomic E-state index is 3.83. The summed E-state index contributed by atoms with van der Waals surface area (Å²) in [4.78, 5) is 2.74. The summed E-state index contributed by atoms with van der Waals surface area (Å²) in [5.74, 6) is 0. The minimum atomic E-state index is 0.789. The summed E-state index contributed by atoms with van der Waals surface area (Å²) in [5.41, 5.74) is 0. The van der Waals surface area contributed by atoms with Gasteiger partial charge in [0.1, 0.15) is 0 Å². The Kier molecular flexibility index (Phi) is 4.42. The Morgan fingerprint density at radius 3 is 2.56 bits per heavy atom. The lowest BCUT2D eigenvalue weighted by Gasteiger charge is -2.39. The van der Waals surface area contributed by atoms with Crippen LogP contribution < -0.4 is 5.32 Å². The van der Waals surface area contributed by atoms with Crippen molar-refractivity contribution in [3.8, 4) is 0 Å². The fraction of sp³-hybridized carbons (Fsp3) is 0.857. The van der Waals surface area contributed by atoms with Crippen molar-refractivity contribution in [1.29, 1.82) is 0 Å². The van der Waals surface area contributed by atoms with Gasteiger partial charge in [0.2, 0.25) is 0 Å². The van der Waals surface area contributed by atoms with Crippen molar-refractivity contribution < 1.29 is 0 Å². The molecule has 2 aliphatic heterocycles.